The summed E-state index contributed by atoms with van der Waals surface area (Å²) in [6.07, 6.45) is 3.90. The minimum absolute atomic E-state index is 0.146. The molecule has 28 heavy (non-hydrogen) atoms. The van der Waals surface area contributed by atoms with Crippen molar-refractivity contribution in [1.29, 1.82) is 0 Å². The first-order valence-electron chi connectivity index (χ1n) is 9.08. The normalized spacial score (nSPS) is 13.8. The van der Waals surface area contributed by atoms with Gasteiger partial charge in [0.1, 0.15) is 11.6 Å². The number of hydrogen-bond donors (Lipinski definition) is 1. The quantitative estimate of drug-likeness (QED) is 0.612. The van der Waals surface area contributed by atoms with Crippen molar-refractivity contribution in [3.05, 3.63) is 54.2 Å². The summed E-state index contributed by atoms with van der Waals surface area (Å²) < 4.78 is 20.7. The molecule has 0 atom stereocenters. The van der Waals surface area contributed by atoms with Crippen molar-refractivity contribution in [3.63, 3.8) is 0 Å². The molecule has 3 aromatic rings. The Bertz CT molecular complexity index is 938. The maximum absolute atomic E-state index is 13.3. The largest absolute Gasteiger partial charge is 0.467 e. The monoisotopic (exact) mass is 401 g/mol. The predicted octanol–water partition coefficient (Wildman–Crippen LogP) is 3.39. The second-order valence-electron chi connectivity index (χ2n) is 6.49. The molecule has 0 spiro atoms. The first-order chi connectivity index (χ1) is 13.7. The fourth-order valence-corrected chi connectivity index (χ4v) is 3.86. The molecule has 146 valence electrons. The van der Waals surface area contributed by atoms with Crippen LogP contribution in [0.5, 0.6) is 0 Å². The Kier molecular flexibility index (Phi) is 5.61. The third-order valence-corrected chi connectivity index (χ3v) is 5.39. The van der Waals surface area contributed by atoms with E-state index in [1.807, 2.05) is 16.7 Å². The lowest BCUT2D eigenvalue weighted by Crippen LogP contribution is -2.22. The van der Waals surface area contributed by atoms with Crippen LogP contribution < -0.4 is 10.2 Å². The Balaban J connectivity index is 1.46. The van der Waals surface area contributed by atoms with E-state index in [0.29, 0.717) is 17.4 Å². The Hall–Kier alpha value is -2.81. The van der Waals surface area contributed by atoms with Gasteiger partial charge in [-0.3, -0.25) is 9.36 Å². The summed E-state index contributed by atoms with van der Waals surface area (Å²) >= 11 is 1.30. The summed E-state index contributed by atoms with van der Waals surface area (Å²) in [5.74, 6) is 1.12. The second kappa shape index (κ2) is 8.47. The molecule has 1 amide bonds. The summed E-state index contributed by atoms with van der Waals surface area (Å²) in [7, 11) is 0. The van der Waals surface area contributed by atoms with Gasteiger partial charge in [-0.05, 0) is 43.2 Å². The van der Waals surface area contributed by atoms with E-state index < -0.39 is 0 Å². The predicted molar refractivity (Wildman–Crippen MR) is 105 cm³/mol. The van der Waals surface area contributed by atoms with Crippen LogP contribution in [0.15, 0.2) is 52.2 Å². The number of hydrogen-bond acceptors (Lipinski definition) is 6. The van der Waals surface area contributed by atoms with Gasteiger partial charge in [0.25, 0.3) is 0 Å². The summed E-state index contributed by atoms with van der Waals surface area (Å²) in [6.45, 7) is 2.39. The van der Waals surface area contributed by atoms with Crippen LogP contribution in [0.4, 0.5) is 16.0 Å². The third-order valence-electron chi connectivity index (χ3n) is 4.42. The van der Waals surface area contributed by atoms with Gasteiger partial charge in [0.2, 0.25) is 11.9 Å². The van der Waals surface area contributed by atoms with E-state index in [2.05, 4.69) is 20.4 Å². The number of thioether (sulfide) groups is 1. The molecule has 1 aromatic carbocycles. The van der Waals surface area contributed by atoms with Gasteiger partial charge in [0.05, 0.1) is 18.6 Å². The van der Waals surface area contributed by atoms with E-state index >= 15 is 0 Å². The van der Waals surface area contributed by atoms with Crippen molar-refractivity contribution in [2.75, 3.05) is 29.1 Å². The smallest absolute Gasteiger partial charge is 0.234 e. The molecule has 1 aliphatic heterocycles. The van der Waals surface area contributed by atoms with Gasteiger partial charge in [-0.1, -0.05) is 17.8 Å². The molecule has 1 N–H and O–H groups in total. The second-order valence-corrected chi connectivity index (χ2v) is 7.43. The molecule has 0 radical (unpaired) electrons. The Labute approximate surface area is 165 Å². The molecule has 1 fully saturated rings. The lowest BCUT2D eigenvalue weighted by Gasteiger charge is -2.17. The van der Waals surface area contributed by atoms with Crippen LogP contribution in [0, 0.1) is 5.82 Å². The van der Waals surface area contributed by atoms with Crippen LogP contribution in [0.3, 0.4) is 0 Å². The number of carbonyl (C=O) groups is 1. The lowest BCUT2D eigenvalue weighted by molar-refractivity contribution is -0.113. The van der Waals surface area contributed by atoms with Crippen LogP contribution in [-0.2, 0) is 11.3 Å². The Morgan fingerprint density at radius 3 is 2.82 bits per heavy atom. The van der Waals surface area contributed by atoms with E-state index in [-0.39, 0.29) is 17.5 Å². The van der Waals surface area contributed by atoms with Crippen LogP contribution >= 0.6 is 11.8 Å². The van der Waals surface area contributed by atoms with Crippen molar-refractivity contribution in [3.8, 4) is 0 Å². The zero-order valence-electron chi connectivity index (χ0n) is 15.2. The number of halogens is 1. The molecule has 1 aliphatic rings. The lowest BCUT2D eigenvalue weighted by atomic mass is 10.3. The van der Waals surface area contributed by atoms with E-state index in [4.69, 9.17) is 4.42 Å². The fraction of sp³-hybridized carbons (Fsp3) is 0.316. The first kappa shape index (κ1) is 18.5. The van der Waals surface area contributed by atoms with Gasteiger partial charge in [-0.25, -0.2) is 4.39 Å². The average Bonchev–Trinajstić information content (AvgIpc) is 3.43. The van der Waals surface area contributed by atoms with E-state index in [1.165, 1.54) is 23.9 Å². The van der Waals surface area contributed by atoms with Gasteiger partial charge < -0.3 is 14.6 Å². The van der Waals surface area contributed by atoms with Crippen LogP contribution in [0.1, 0.15) is 18.6 Å². The Morgan fingerprint density at radius 2 is 2.07 bits per heavy atom. The van der Waals surface area contributed by atoms with E-state index in [0.717, 1.165) is 37.6 Å². The zero-order valence-corrected chi connectivity index (χ0v) is 16.0. The summed E-state index contributed by atoms with van der Waals surface area (Å²) in [6, 6.07) is 9.57. The van der Waals surface area contributed by atoms with Gasteiger partial charge in [0.15, 0.2) is 5.16 Å². The zero-order chi connectivity index (χ0) is 19.3. The number of carbonyl (C=O) groups excluding carboxylic acids is 1. The standard InChI is InChI=1S/C19H20FN5O2S/c20-14-5-3-6-15(11-14)21-17(26)13-28-19-23-22-18(24-8-1-2-9-24)25(19)12-16-7-4-10-27-16/h3-7,10-11H,1-2,8-9,12-13H2,(H,21,26). The van der Waals surface area contributed by atoms with E-state index in [1.54, 1.807) is 18.4 Å². The van der Waals surface area contributed by atoms with Crippen LogP contribution in [0.2, 0.25) is 0 Å². The van der Waals surface area contributed by atoms with Gasteiger partial charge in [-0.2, -0.15) is 0 Å². The highest BCUT2D eigenvalue weighted by Crippen LogP contribution is 2.26. The SMILES string of the molecule is O=C(CSc1nnc(N2CCCC2)n1Cc1ccco1)Nc1cccc(F)c1. The number of furan rings is 1. The molecule has 0 unspecified atom stereocenters. The maximum atomic E-state index is 13.3. The van der Waals surface area contributed by atoms with Crippen molar-refractivity contribution in [2.24, 2.45) is 0 Å². The topological polar surface area (TPSA) is 76.2 Å². The molecule has 0 aliphatic carbocycles. The fourth-order valence-electron chi connectivity index (χ4n) is 3.13. The molecule has 0 bridgehead atoms. The van der Waals surface area contributed by atoms with Crippen molar-refractivity contribution >= 4 is 29.3 Å². The summed E-state index contributed by atoms with van der Waals surface area (Å²) in [5, 5.41) is 12.0. The van der Waals surface area contributed by atoms with Crippen LogP contribution in [-0.4, -0.2) is 39.5 Å². The van der Waals surface area contributed by atoms with Gasteiger partial charge >= 0.3 is 0 Å². The van der Waals surface area contributed by atoms with E-state index in [9.17, 15) is 9.18 Å². The number of benzene rings is 1. The molecule has 4 rings (SSSR count). The minimum Gasteiger partial charge on any atom is -0.467 e. The highest BCUT2D eigenvalue weighted by atomic mass is 32.2. The molecule has 9 heteroatoms. The third kappa shape index (κ3) is 4.36. The van der Waals surface area contributed by atoms with Crippen LogP contribution in [0.25, 0.3) is 0 Å². The number of rotatable bonds is 7. The van der Waals surface area contributed by atoms with Crippen molar-refractivity contribution in [2.45, 2.75) is 24.5 Å². The average molecular weight is 401 g/mol. The molecular weight excluding hydrogens is 381 g/mol. The number of aromatic nitrogens is 3. The molecule has 2 aromatic heterocycles. The summed E-state index contributed by atoms with van der Waals surface area (Å²) in [4.78, 5) is 14.4. The molecule has 0 saturated carbocycles. The Morgan fingerprint density at radius 1 is 1.21 bits per heavy atom. The number of nitrogens with one attached hydrogen (secondary N) is 1. The maximum Gasteiger partial charge on any atom is 0.234 e. The molecular formula is C19H20FN5O2S. The van der Waals surface area contributed by atoms with Crippen molar-refractivity contribution in [1.82, 2.24) is 14.8 Å². The number of amides is 1. The summed E-state index contributed by atoms with van der Waals surface area (Å²) in [5.41, 5.74) is 0.431. The van der Waals surface area contributed by atoms with Crippen molar-refractivity contribution < 1.29 is 13.6 Å². The molecule has 3 heterocycles. The molecule has 1 saturated heterocycles. The highest BCUT2D eigenvalue weighted by Gasteiger charge is 2.22. The minimum atomic E-state index is -0.390. The first-order valence-corrected chi connectivity index (χ1v) is 10.1. The van der Waals surface area contributed by atoms with Gasteiger partial charge in [0, 0.05) is 18.8 Å². The number of nitrogens with zero attached hydrogens (tertiary/aromatic N) is 4. The van der Waals surface area contributed by atoms with Gasteiger partial charge in [-0.15, -0.1) is 10.2 Å². The number of anilines is 2. The highest BCUT2D eigenvalue weighted by molar-refractivity contribution is 7.99. The molecule has 7 nitrogen and oxygen atoms in total.